The molecule has 4 heteroatoms. The Morgan fingerprint density at radius 2 is 1.65 bits per heavy atom. The molecule has 0 aromatic carbocycles. The molecule has 1 aromatic heterocycles. The number of piperazine rings is 1. The zero-order valence-corrected chi connectivity index (χ0v) is 13.0. The van der Waals surface area contributed by atoms with Crippen LogP contribution in [0.4, 0.5) is 0 Å². The first-order valence-corrected chi connectivity index (χ1v) is 7.77. The maximum atomic E-state index is 6.40. The lowest BCUT2D eigenvalue weighted by Crippen LogP contribution is -2.52. The number of pyridine rings is 1. The lowest BCUT2D eigenvalue weighted by molar-refractivity contribution is 0.0679. The molecule has 1 fully saturated rings. The summed E-state index contributed by atoms with van der Waals surface area (Å²) in [6.45, 7) is 11.2. The van der Waals surface area contributed by atoms with Gasteiger partial charge in [0, 0.05) is 50.7 Å². The van der Waals surface area contributed by atoms with Crippen LogP contribution in [0.15, 0.2) is 24.5 Å². The molecule has 2 unspecified atom stereocenters. The largest absolute Gasteiger partial charge is 0.326 e. The van der Waals surface area contributed by atoms with Gasteiger partial charge in [0.2, 0.25) is 0 Å². The zero-order valence-electron chi connectivity index (χ0n) is 13.0. The first-order chi connectivity index (χ1) is 9.63. The smallest absolute Gasteiger partial charge is 0.0501 e. The van der Waals surface area contributed by atoms with Crippen LogP contribution in [0.25, 0.3) is 0 Å². The highest BCUT2D eigenvalue weighted by atomic mass is 15.3. The number of aromatic nitrogens is 1. The summed E-state index contributed by atoms with van der Waals surface area (Å²) in [4.78, 5) is 9.21. The van der Waals surface area contributed by atoms with E-state index in [1.165, 1.54) is 5.56 Å². The van der Waals surface area contributed by atoms with E-state index >= 15 is 0 Å². The van der Waals surface area contributed by atoms with E-state index in [-0.39, 0.29) is 6.04 Å². The highest BCUT2D eigenvalue weighted by Crippen LogP contribution is 2.26. The second-order valence-electron chi connectivity index (χ2n) is 5.96. The molecule has 0 aliphatic carbocycles. The van der Waals surface area contributed by atoms with Crippen LogP contribution in [0.3, 0.4) is 0 Å². The van der Waals surface area contributed by atoms with Crippen molar-refractivity contribution < 1.29 is 0 Å². The first kappa shape index (κ1) is 15.4. The Bertz CT molecular complexity index is 385. The first-order valence-electron chi connectivity index (χ1n) is 7.77. The van der Waals surface area contributed by atoms with Crippen molar-refractivity contribution in [2.24, 2.45) is 5.73 Å². The predicted molar refractivity (Wildman–Crippen MR) is 83.5 cm³/mol. The van der Waals surface area contributed by atoms with Crippen molar-refractivity contribution in [3.63, 3.8) is 0 Å². The molecule has 0 spiro atoms. The van der Waals surface area contributed by atoms with E-state index in [1.807, 2.05) is 12.4 Å². The van der Waals surface area contributed by atoms with Gasteiger partial charge in [-0.25, -0.2) is 0 Å². The number of hydrogen-bond acceptors (Lipinski definition) is 4. The van der Waals surface area contributed by atoms with Gasteiger partial charge in [-0.15, -0.1) is 0 Å². The molecule has 1 aliphatic rings. The SMILES string of the molecule is CCC(N)C(c1ccncc1)N1CCN(C(C)C)CC1. The average molecular weight is 276 g/mol. The molecule has 2 heterocycles. The van der Waals surface area contributed by atoms with Gasteiger partial charge < -0.3 is 5.73 Å². The van der Waals surface area contributed by atoms with E-state index in [4.69, 9.17) is 5.73 Å². The Kier molecular flexibility index (Phi) is 5.52. The minimum Gasteiger partial charge on any atom is -0.326 e. The molecular weight excluding hydrogens is 248 g/mol. The van der Waals surface area contributed by atoms with E-state index in [0.29, 0.717) is 12.1 Å². The second kappa shape index (κ2) is 7.16. The Balaban J connectivity index is 2.09. The van der Waals surface area contributed by atoms with Gasteiger partial charge in [0.25, 0.3) is 0 Å². The van der Waals surface area contributed by atoms with Crippen LogP contribution in [-0.4, -0.2) is 53.0 Å². The van der Waals surface area contributed by atoms with Crippen molar-refractivity contribution in [3.8, 4) is 0 Å². The van der Waals surface area contributed by atoms with E-state index in [2.05, 4.69) is 47.7 Å². The van der Waals surface area contributed by atoms with Gasteiger partial charge in [-0.05, 0) is 38.0 Å². The number of rotatable bonds is 5. The summed E-state index contributed by atoms with van der Waals surface area (Å²) in [6, 6.07) is 5.35. The molecule has 0 radical (unpaired) electrons. The summed E-state index contributed by atoms with van der Waals surface area (Å²) >= 11 is 0. The van der Waals surface area contributed by atoms with Crippen LogP contribution in [0.5, 0.6) is 0 Å². The standard InChI is InChI=1S/C16H28N4/c1-4-15(17)16(14-5-7-18-8-6-14)20-11-9-19(10-12-20)13(2)3/h5-8,13,15-16H,4,9-12,17H2,1-3H3. The van der Waals surface area contributed by atoms with Crippen LogP contribution < -0.4 is 5.73 Å². The minimum atomic E-state index is 0.183. The second-order valence-corrected chi connectivity index (χ2v) is 5.96. The Hall–Kier alpha value is -0.970. The predicted octanol–water partition coefficient (Wildman–Crippen LogP) is 1.89. The maximum absolute atomic E-state index is 6.40. The Morgan fingerprint density at radius 1 is 1.10 bits per heavy atom. The van der Waals surface area contributed by atoms with Crippen LogP contribution >= 0.6 is 0 Å². The fourth-order valence-electron chi connectivity index (χ4n) is 3.04. The van der Waals surface area contributed by atoms with Crippen molar-refractivity contribution in [3.05, 3.63) is 30.1 Å². The summed E-state index contributed by atoms with van der Waals surface area (Å²) in [6.07, 6.45) is 4.74. The van der Waals surface area contributed by atoms with Crippen LogP contribution in [-0.2, 0) is 0 Å². The molecule has 1 aliphatic heterocycles. The van der Waals surface area contributed by atoms with E-state index in [0.717, 1.165) is 32.6 Å². The normalized spacial score (nSPS) is 21.1. The van der Waals surface area contributed by atoms with Gasteiger partial charge in [0.1, 0.15) is 0 Å². The van der Waals surface area contributed by atoms with E-state index in [9.17, 15) is 0 Å². The zero-order chi connectivity index (χ0) is 14.5. The van der Waals surface area contributed by atoms with Crippen molar-refractivity contribution in [1.82, 2.24) is 14.8 Å². The van der Waals surface area contributed by atoms with Crippen LogP contribution in [0.2, 0.25) is 0 Å². The number of nitrogens with two attached hydrogens (primary N) is 1. The molecule has 2 atom stereocenters. The van der Waals surface area contributed by atoms with Gasteiger partial charge in [-0.3, -0.25) is 14.8 Å². The monoisotopic (exact) mass is 276 g/mol. The molecule has 0 saturated carbocycles. The van der Waals surface area contributed by atoms with Crippen molar-refractivity contribution in [2.45, 2.75) is 45.3 Å². The number of hydrogen-bond donors (Lipinski definition) is 1. The summed E-state index contributed by atoms with van der Waals surface area (Å²) in [5.41, 5.74) is 7.70. The topological polar surface area (TPSA) is 45.4 Å². The van der Waals surface area contributed by atoms with Crippen molar-refractivity contribution in [2.75, 3.05) is 26.2 Å². The minimum absolute atomic E-state index is 0.183. The Labute approximate surface area is 123 Å². The molecule has 1 saturated heterocycles. The van der Waals surface area contributed by atoms with Crippen LogP contribution in [0.1, 0.15) is 38.8 Å². The Morgan fingerprint density at radius 3 is 2.15 bits per heavy atom. The molecule has 2 N–H and O–H groups in total. The number of nitrogens with zero attached hydrogens (tertiary/aromatic N) is 3. The molecule has 2 rings (SSSR count). The highest BCUT2D eigenvalue weighted by Gasteiger charge is 2.29. The molecule has 1 aromatic rings. The highest BCUT2D eigenvalue weighted by molar-refractivity contribution is 5.17. The molecule has 0 amide bonds. The van der Waals surface area contributed by atoms with Gasteiger partial charge in [-0.1, -0.05) is 6.92 Å². The van der Waals surface area contributed by atoms with Crippen molar-refractivity contribution >= 4 is 0 Å². The van der Waals surface area contributed by atoms with Gasteiger partial charge in [0.05, 0.1) is 6.04 Å². The van der Waals surface area contributed by atoms with Gasteiger partial charge >= 0.3 is 0 Å². The average Bonchev–Trinajstić information content (AvgIpc) is 2.49. The fraction of sp³-hybridized carbons (Fsp3) is 0.688. The van der Waals surface area contributed by atoms with Gasteiger partial charge in [0.15, 0.2) is 0 Å². The van der Waals surface area contributed by atoms with E-state index < -0.39 is 0 Å². The van der Waals surface area contributed by atoms with E-state index in [1.54, 1.807) is 0 Å². The molecule has 0 bridgehead atoms. The maximum Gasteiger partial charge on any atom is 0.0501 e. The summed E-state index contributed by atoms with van der Waals surface area (Å²) in [7, 11) is 0. The third-order valence-electron chi connectivity index (χ3n) is 4.40. The lowest BCUT2D eigenvalue weighted by atomic mass is 9.96. The summed E-state index contributed by atoms with van der Waals surface area (Å²) < 4.78 is 0. The molecule has 20 heavy (non-hydrogen) atoms. The fourth-order valence-corrected chi connectivity index (χ4v) is 3.04. The molecular formula is C16H28N4. The van der Waals surface area contributed by atoms with Gasteiger partial charge in [-0.2, -0.15) is 0 Å². The quantitative estimate of drug-likeness (QED) is 0.892. The molecule has 112 valence electrons. The third-order valence-corrected chi connectivity index (χ3v) is 4.40. The van der Waals surface area contributed by atoms with Crippen molar-refractivity contribution in [1.29, 1.82) is 0 Å². The third kappa shape index (κ3) is 3.57. The summed E-state index contributed by atoms with van der Waals surface area (Å²) in [5, 5.41) is 0. The molecule has 4 nitrogen and oxygen atoms in total. The summed E-state index contributed by atoms with van der Waals surface area (Å²) in [5.74, 6) is 0. The van der Waals surface area contributed by atoms with Crippen LogP contribution in [0, 0.1) is 0 Å². The lowest BCUT2D eigenvalue weighted by Gasteiger charge is -2.42.